The molecule has 0 radical (unpaired) electrons. The minimum atomic E-state index is -3.34. The minimum Gasteiger partial charge on any atom is -0.374 e. The summed E-state index contributed by atoms with van der Waals surface area (Å²) in [6.07, 6.45) is 2.10. The molecule has 0 aromatic carbocycles. The summed E-state index contributed by atoms with van der Waals surface area (Å²) in [6.45, 7) is 3.90. The first-order valence-corrected chi connectivity index (χ1v) is 6.48. The van der Waals surface area contributed by atoms with Crippen molar-refractivity contribution in [2.24, 2.45) is 5.14 Å². The Balaban J connectivity index is 2.15. The van der Waals surface area contributed by atoms with Crippen molar-refractivity contribution in [3.05, 3.63) is 0 Å². The summed E-state index contributed by atoms with van der Waals surface area (Å²) in [6, 6.07) is 0. The zero-order chi connectivity index (χ0) is 10.7. The Labute approximate surface area is 85.1 Å². The standard InChI is InChI=1S/C8H18N2O3S/c1-8(3-2-5-13-8)7-10-4-6-14(9,11)12/h10H,2-7H2,1H3,(H2,9,11,12). The van der Waals surface area contributed by atoms with Crippen molar-refractivity contribution < 1.29 is 13.2 Å². The first kappa shape index (κ1) is 11.9. The highest BCUT2D eigenvalue weighted by Crippen LogP contribution is 2.23. The van der Waals surface area contributed by atoms with Crippen LogP contribution in [0.1, 0.15) is 19.8 Å². The van der Waals surface area contributed by atoms with Crippen LogP contribution in [0.4, 0.5) is 0 Å². The topological polar surface area (TPSA) is 81.4 Å². The molecular formula is C8H18N2O3S. The van der Waals surface area contributed by atoms with E-state index in [0.29, 0.717) is 13.1 Å². The number of hydrogen-bond acceptors (Lipinski definition) is 4. The smallest absolute Gasteiger partial charge is 0.210 e. The van der Waals surface area contributed by atoms with Crippen LogP contribution in [0.15, 0.2) is 0 Å². The molecule has 84 valence electrons. The zero-order valence-electron chi connectivity index (χ0n) is 8.45. The molecule has 0 bridgehead atoms. The summed E-state index contributed by atoms with van der Waals surface area (Å²) < 4.78 is 26.8. The number of primary sulfonamides is 1. The number of sulfonamides is 1. The quantitative estimate of drug-likeness (QED) is 0.611. The van der Waals surface area contributed by atoms with Crippen LogP contribution in [0.2, 0.25) is 0 Å². The van der Waals surface area contributed by atoms with E-state index in [4.69, 9.17) is 9.88 Å². The maximum absolute atomic E-state index is 10.6. The summed E-state index contributed by atoms with van der Waals surface area (Å²) in [5.74, 6) is -0.0247. The van der Waals surface area contributed by atoms with Crippen molar-refractivity contribution in [3.8, 4) is 0 Å². The predicted octanol–water partition coefficient (Wildman–Crippen LogP) is -0.566. The fourth-order valence-electron chi connectivity index (χ4n) is 1.54. The van der Waals surface area contributed by atoms with E-state index >= 15 is 0 Å². The molecular weight excluding hydrogens is 204 g/mol. The van der Waals surface area contributed by atoms with E-state index in [1.165, 1.54) is 0 Å². The van der Waals surface area contributed by atoms with E-state index in [0.717, 1.165) is 19.4 Å². The van der Waals surface area contributed by atoms with Gasteiger partial charge < -0.3 is 10.1 Å². The molecule has 1 unspecified atom stereocenters. The fraction of sp³-hybridized carbons (Fsp3) is 1.00. The second-order valence-electron chi connectivity index (χ2n) is 3.95. The van der Waals surface area contributed by atoms with Gasteiger partial charge in [0.15, 0.2) is 0 Å². The van der Waals surface area contributed by atoms with E-state index in [1.807, 2.05) is 6.92 Å². The lowest BCUT2D eigenvalue weighted by Gasteiger charge is -2.23. The lowest BCUT2D eigenvalue weighted by Crippen LogP contribution is -2.39. The highest BCUT2D eigenvalue weighted by molar-refractivity contribution is 7.89. The van der Waals surface area contributed by atoms with E-state index in [1.54, 1.807) is 0 Å². The SMILES string of the molecule is CC1(CNCCS(N)(=O)=O)CCCO1. The monoisotopic (exact) mass is 222 g/mol. The molecule has 1 rings (SSSR count). The summed E-state index contributed by atoms with van der Waals surface area (Å²) in [4.78, 5) is 0. The van der Waals surface area contributed by atoms with Crippen LogP contribution in [-0.2, 0) is 14.8 Å². The molecule has 0 saturated carbocycles. The third-order valence-electron chi connectivity index (χ3n) is 2.36. The van der Waals surface area contributed by atoms with Gasteiger partial charge in [-0.2, -0.15) is 0 Å². The van der Waals surface area contributed by atoms with Gasteiger partial charge in [0.2, 0.25) is 10.0 Å². The molecule has 1 heterocycles. The van der Waals surface area contributed by atoms with Crippen LogP contribution < -0.4 is 10.5 Å². The highest BCUT2D eigenvalue weighted by atomic mass is 32.2. The molecule has 14 heavy (non-hydrogen) atoms. The average molecular weight is 222 g/mol. The predicted molar refractivity (Wildman–Crippen MR) is 54.4 cm³/mol. The van der Waals surface area contributed by atoms with E-state index in [2.05, 4.69) is 5.32 Å². The molecule has 1 saturated heterocycles. The molecule has 5 nitrogen and oxygen atoms in total. The number of ether oxygens (including phenoxy) is 1. The maximum Gasteiger partial charge on any atom is 0.210 e. The maximum atomic E-state index is 10.6. The van der Waals surface area contributed by atoms with Crippen molar-refractivity contribution in [1.82, 2.24) is 5.32 Å². The Morgan fingerprint density at radius 2 is 2.29 bits per heavy atom. The fourth-order valence-corrected chi connectivity index (χ4v) is 1.97. The van der Waals surface area contributed by atoms with Crippen LogP contribution in [-0.4, -0.2) is 39.5 Å². The molecule has 1 aliphatic rings. The Hall–Kier alpha value is -0.170. The molecule has 0 amide bonds. The number of rotatable bonds is 5. The average Bonchev–Trinajstić information content (AvgIpc) is 2.45. The summed E-state index contributed by atoms with van der Waals surface area (Å²) in [7, 11) is -3.34. The lowest BCUT2D eigenvalue weighted by molar-refractivity contribution is 0.0214. The van der Waals surface area contributed by atoms with Gasteiger partial charge in [-0.15, -0.1) is 0 Å². The van der Waals surface area contributed by atoms with E-state index in [9.17, 15) is 8.42 Å². The van der Waals surface area contributed by atoms with Crippen LogP contribution in [0.25, 0.3) is 0 Å². The van der Waals surface area contributed by atoms with Gasteiger partial charge in [-0.3, -0.25) is 0 Å². The van der Waals surface area contributed by atoms with Gasteiger partial charge in [0, 0.05) is 19.7 Å². The van der Waals surface area contributed by atoms with Crippen molar-refractivity contribution in [2.75, 3.05) is 25.4 Å². The highest BCUT2D eigenvalue weighted by Gasteiger charge is 2.28. The van der Waals surface area contributed by atoms with Crippen LogP contribution in [0.3, 0.4) is 0 Å². The van der Waals surface area contributed by atoms with E-state index in [-0.39, 0.29) is 11.4 Å². The number of nitrogens with one attached hydrogen (secondary N) is 1. The summed E-state index contributed by atoms with van der Waals surface area (Å²) in [5, 5.41) is 7.90. The molecule has 3 N–H and O–H groups in total. The van der Waals surface area contributed by atoms with Gasteiger partial charge in [0.1, 0.15) is 0 Å². The van der Waals surface area contributed by atoms with Gasteiger partial charge in [0.25, 0.3) is 0 Å². The lowest BCUT2D eigenvalue weighted by atomic mass is 10.0. The minimum absolute atomic E-state index is 0.0247. The van der Waals surface area contributed by atoms with Gasteiger partial charge in [0.05, 0.1) is 11.4 Å². The van der Waals surface area contributed by atoms with E-state index < -0.39 is 10.0 Å². The largest absolute Gasteiger partial charge is 0.374 e. The van der Waals surface area contributed by atoms with Crippen molar-refractivity contribution in [1.29, 1.82) is 0 Å². The van der Waals surface area contributed by atoms with Crippen LogP contribution in [0, 0.1) is 0 Å². The Kier molecular flexibility index (Phi) is 3.88. The Morgan fingerprint density at radius 3 is 2.79 bits per heavy atom. The second kappa shape index (κ2) is 4.57. The molecule has 1 atom stereocenters. The molecule has 0 aliphatic carbocycles. The van der Waals surface area contributed by atoms with Crippen molar-refractivity contribution in [3.63, 3.8) is 0 Å². The normalized spacial score (nSPS) is 28.1. The first-order valence-electron chi connectivity index (χ1n) is 4.76. The molecule has 6 heteroatoms. The molecule has 1 fully saturated rings. The van der Waals surface area contributed by atoms with Gasteiger partial charge in [-0.25, -0.2) is 13.6 Å². The van der Waals surface area contributed by atoms with Gasteiger partial charge in [-0.05, 0) is 19.8 Å². The Bertz CT molecular complexity index is 270. The first-order chi connectivity index (χ1) is 6.41. The number of nitrogens with two attached hydrogens (primary N) is 1. The summed E-state index contributed by atoms with van der Waals surface area (Å²) in [5.41, 5.74) is -0.127. The molecule has 0 spiro atoms. The van der Waals surface area contributed by atoms with Gasteiger partial charge in [-0.1, -0.05) is 0 Å². The Morgan fingerprint density at radius 1 is 1.57 bits per heavy atom. The molecule has 0 aromatic rings. The molecule has 1 aliphatic heterocycles. The van der Waals surface area contributed by atoms with Gasteiger partial charge >= 0.3 is 0 Å². The third kappa shape index (κ3) is 4.36. The van der Waals surface area contributed by atoms with Crippen LogP contribution in [0.5, 0.6) is 0 Å². The number of hydrogen-bond donors (Lipinski definition) is 2. The third-order valence-corrected chi connectivity index (χ3v) is 3.14. The summed E-state index contributed by atoms with van der Waals surface area (Å²) >= 11 is 0. The zero-order valence-corrected chi connectivity index (χ0v) is 9.27. The van der Waals surface area contributed by atoms with Crippen LogP contribution >= 0.6 is 0 Å². The second-order valence-corrected chi connectivity index (χ2v) is 5.68. The molecule has 0 aromatic heterocycles. The van der Waals surface area contributed by atoms with Crippen molar-refractivity contribution in [2.45, 2.75) is 25.4 Å². The van der Waals surface area contributed by atoms with Crippen molar-refractivity contribution >= 4 is 10.0 Å².